The molecule has 114 valence electrons. The molecule has 0 aromatic rings. The van der Waals surface area contributed by atoms with Gasteiger partial charge in [-0.15, -0.1) is 0 Å². The van der Waals surface area contributed by atoms with Gasteiger partial charge in [0.05, 0.1) is 0 Å². The number of nitrogens with one attached hydrogen (secondary N) is 1. The van der Waals surface area contributed by atoms with Crippen molar-refractivity contribution in [2.75, 3.05) is 18.6 Å². The molecule has 0 aromatic carbocycles. The van der Waals surface area contributed by atoms with E-state index in [1.54, 1.807) is 0 Å². The number of hydrogen-bond donors (Lipinski definition) is 1. The Labute approximate surface area is 119 Å². The van der Waals surface area contributed by atoms with E-state index < -0.39 is 9.84 Å². The van der Waals surface area contributed by atoms with Crippen LogP contribution in [0.4, 0.5) is 0 Å². The first kappa shape index (κ1) is 17.0. The van der Waals surface area contributed by atoms with Crippen molar-refractivity contribution in [1.82, 2.24) is 5.32 Å². The standard InChI is InChI=1S/C15H31NO2S/c1-4-7-13-9-10-15(16-5-2)14(12-13)8-6-11-19(3,17)18/h13-16H,4-12H2,1-3H3. The fourth-order valence-corrected chi connectivity index (χ4v) is 4.18. The Balaban J connectivity index is 2.46. The molecule has 0 aromatic heterocycles. The maximum absolute atomic E-state index is 11.2. The molecule has 3 atom stereocenters. The fourth-order valence-electron chi connectivity index (χ4n) is 3.49. The van der Waals surface area contributed by atoms with Crippen LogP contribution in [0, 0.1) is 11.8 Å². The largest absolute Gasteiger partial charge is 0.314 e. The molecule has 0 aliphatic heterocycles. The lowest BCUT2D eigenvalue weighted by molar-refractivity contribution is 0.186. The Kier molecular flexibility index (Phi) is 7.37. The molecule has 0 saturated heterocycles. The summed E-state index contributed by atoms with van der Waals surface area (Å²) in [6.45, 7) is 5.44. The average Bonchev–Trinajstić information content (AvgIpc) is 2.31. The molecule has 3 nitrogen and oxygen atoms in total. The van der Waals surface area contributed by atoms with Crippen molar-refractivity contribution < 1.29 is 8.42 Å². The molecule has 1 aliphatic rings. The Hall–Kier alpha value is -0.0900. The predicted molar refractivity (Wildman–Crippen MR) is 82.1 cm³/mol. The molecule has 0 spiro atoms. The van der Waals surface area contributed by atoms with Gasteiger partial charge in [0.25, 0.3) is 0 Å². The summed E-state index contributed by atoms with van der Waals surface area (Å²) in [5.74, 6) is 1.89. The zero-order chi connectivity index (χ0) is 14.3. The van der Waals surface area contributed by atoms with Crippen LogP contribution in [-0.4, -0.2) is 33.0 Å². The lowest BCUT2D eigenvalue weighted by atomic mass is 9.74. The van der Waals surface area contributed by atoms with Crippen LogP contribution < -0.4 is 5.32 Å². The summed E-state index contributed by atoms with van der Waals surface area (Å²) in [6, 6.07) is 0.609. The zero-order valence-electron chi connectivity index (χ0n) is 12.8. The van der Waals surface area contributed by atoms with E-state index >= 15 is 0 Å². The highest BCUT2D eigenvalue weighted by Gasteiger charge is 2.29. The summed E-state index contributed by atoms with van der Waals surface area (Å²) in [5.41, 5.74) is 0. The fraction of sp³-hybridized carbons (Fsp3) is 1.00. The van der Waals surface area contributed by atoms with Gasteiger partial charge < -0.3 is 5.32 Å². The first-order chi connectivity index (χ1) is 8.96. The molecule has 0 bridgehead atoms. The van der Waals surface area contributed by atoms with E-state index in [0.717, 1.165) is 25.3 Å². The van der Waals surface area contributed by atoms with Gasteiger partial charge in [0.1, 0.15) is 9.84 Å². The predicted octanol–water partition coefficient (Wildman–Crippen LogP) is 3.01. The topological polar surface area (TPSA) is 46.2 Å². The quantitative estimate of drug-likeness (QED) is 0.747. The maximum atomic E-state index is 11.2. The highest BCUT2D eigenvalue weighted by atomic mass is 32.2. The van der Waals surface area contributed by atoms with E-state index in [4.69, 9.17) is 0 Å². The zero-order valence-corrected chi connectivity index (χ0v) is 13.6. The summed E-state index contributed by atoms with van der Waals surface area (Å²) >= 11 is 0. The van der Waals surface area contributed by atoms with Crippen molar-refractivity contribution in [1.29, 1.82) is 0 Å². The molecular formula is C15H31NO2S. The molecule has 0 heterocycles. The third-order valence-electron chi connectivity index (χ3n) is 4.34. The lowest BCUT2D eigenvalue weighted by Crippen LogP contribution is -2.40. The van der Waals surface area contributed by atoms with E-state index in [1.165, 1.54) is 38.4 Å². The van der Waals surface area contributed by atoms with Crippen LogP contribution >= 0.6 is 0 Å². The van der Waals surface area contributed by atoms with E-state index in [9.17, 15) is 8.42 Å². The van der Waals surface area contributed by atoms with E-state index in [-0.39, 0.29) is 0 Å². The second-order valence-corrected chi connectivity index (χ2v) is 8.42. The minimum atomic E-state index is -2.80. The van der Waals surface area contributed by atoms with E-state index in [1.807, 2.05) is 0 Å². The van der Waals surface area contributed by atoms with Crippen molar-refractivity contribution in [3.05, 3.63) is 0 Å². The molecule has 1 rings (SSSR count). The van der Waals surface area contributed by atoms with Crippen molar-refractivity contribution in [3.8, 4) is 0 Å². The van der Waals surface area contributed by atoms with Crippen LogP contribution in [0.1, 0.15) is 58.8 Å². The lowest BCUT2D eigenvalue weighted by Gasteiger charge is -2.37. The monoisotopic (exact) mass is 289 g/mol. The van der Waals surface area contributed by atoms with Crippen molar-refractivity contribution >= 4 is 9.84 Å². The summed E-state index contributed by atoms with van der Waals surface area (Å²) in [5, 5.41) is 3.60. The molecule has 1 saturated carbocycles. The van der Waals surface area contributed by atoms with Gasteiger partial charge in [0.2, 0.25) is 0 Å². The summed E-state index contributed by atoms with van der Waals surface area (Å²) < 4.78 is 22.5. The molecule has 1 N–H and O–H groups in total. The Morgan fingerprint density at radius 3 is 2.47 bits per heavy atom. The molecule has 0 radical (unpaired) electrons. The Bertz CT molecular complexity index is 340. The first-order valence-corrected chi connectivity index (χ1v) is 9.93. The highest BCUT2D eigenvalue weighted by Crippen LogP contribution is 2.34. The smallest absolute Gasteiger partial charge is 0.147 e. The van der Waals surface area contributed by atoms with Crippen molar-refractivity contribution in [2.45, 2.75) is 64.8 Å². The second kappa shape index (κ2) is 8.25. The van der Waals surface area contributed by atoms with Crippen LogP contribution in [0.25, 0.3) is 0 Å². The van der Waals surface area contributed by atoms with E-state index in [2.05, 4.69) is 19.2 Å². The number of rotatable bonds is 8. The van der Waals surface area contributed by atoms with Crippen molar-refractivity contribution in [3.63, 3.8) is 0 Å². The van der Waals surface area contributed by atoms with Gasteiger partial charge in [-0.05, 0) is 50.5 Å². The van der Waals surface area contributed by atoms with Gasteiger partial charge in [-0.3, -0.25) is 0 Å². The third kappa shape index (κ3) is 6.75. The second-order valence-electron chi connectivity index (χ2n) is 6.16. The molecule has 1 aliphatic carbocycles. The molecular weight excluding hydrogens is 258 g/mol. The summed E-state index contributed by atoms with van der Waals surface area (Å²) in [6.07, 6.45) is 9.73. The third-order valence-corrected chi connectivity index (χ3v) is 5.37. The van der Waals surface area contributed by atoms with Crippen LogP contribution in [-0.2, 0) is 9.84 Å². The van der Waals surface area contributed by atoms with Gasteiger partial charge in [0.15, 0.2) is 0 Å². The van der Waals surface area contributed by atoms with Gasteiger partial charge >= 0.3 is 0 Å². The van der Waals surface area contributed by atoms with Crippen LogP contribution in [0.3, 0.4) is 0 Å². The van der Waals surface area contributed by atoms with Crippen LogP contribution in [0.5, 0.6) is 0 Å². The Morgan fingerprint density at radius 2 is 1.89 bits per heavy atom. The van der Waals surface area contributed by atoms with Gasteiger partial charge in [-0.2, -0.15) is 0 Å². The maximum Gasteiger partial charge on any atom is 0.147 e. The van der Waals surface area contributed by atoms with Gasteiger partial charge in [-0.25, -0.2) is 8.42 Å². The van der Waals surface area contributed by atoms with Gasteiger partial charge in [-0.1, -0.05) is 26.7 Å². The minimum absolute atomic E-state index is 0.348. The molecule has 3 unspecified atom stereocenters. The van der Waals surface area contributed by atoms with Crippen LogP contribution in [0.2, 0.25) is 0 Å². The molecule has 1 fully saturated rings. The number of sulfone groups is 1. The first-order valence-electron chi connectivity index (χ1n) is 7.87. The van der Waals surface area contributed by atoms with Crippen LogP contribution in [0.15, 0.2) is 0 Å². The number of hydrogen-bond acceptors (Lipinski definition) is 3. The molecule has 4 heteroatoms. The van der Waals surface area contributed by atoms with Crippen molar-refractivity contribution in [2.24, 2.45) is 11.8 Å². The SMILES string of the molecule is CCCC1CCC(NCC)C(CCCS(C)(=O)=O)C1. The van der Waals surface area contributed by atoms with E-state index in [0.29, 0.717) is 17.7 Å². The Morgan fingerprint density at radius 1 is 1.16 bits per heavy atom. The summed E-state index contributed by atoms with van der Waals surface area (Å²) in [4.78, 5) is 0. The minimum Gasteiger partial charge on any atom is -0.314 e. The highest BCUT2D eigenvalue weighted by molar-refractivity contribution is 7.90. The normalized spacial score (nSPS) is 28.5. The average molecular weight is 289 g/mol. The van der Waals surface area contributed by atoms with Gasteiger partial charge in [0, 0.05) is 18.1 Å². The molecule has 0 amide bonds. The molecule has 19 heavy (non-hydrogen) atoms. The summed E-state index contributed by atoms with van der Waals surface area (Å²) in [7, 11) is -2.80.